The van der Waals surface area contributed by atoms with Crippen LogP contribution >= 0.6 is 0 Å². The maximum absolute atomic E-state index is 12.6. The van der Waals surface area contributed by atoms with E-state index in [9.17, 15) is 4.79 Å². The van der Waals surface area contributed by atoms with E-state index >= 15 is 0 Å². The zero-order valence-electron chi connectivity index (χ0n) is 18.7. The summed E-state index contributed by atoms with van der Waals surface area (Å²) in [5, 5.41) is 3.05. The molecule has 3 rings (SSSR count). The lowest BCUT2D eigenvalue weighted by Gasteiger charge is -2.24. The number of nitrogens with one attached hydrogen (secondary N) is 1. The van der Waals surface area contributed by atoms with Crippen molar-refractivity contribution in [2.45, 2.75) is 46.2 Å². The van der Waals surface area contributed by atoms with E-state index in [-0.39, 0.29) is 5.91 Å². The number of nitrogens with zero attached hydrogens (tertiary/aromatic N) is 1. The molecule has 0 radical (unpaired) electrons. The molecule has 0 aliphatic carbocycles. The number of hydrogen-bond donors (Lipinski definition) is 1. The number of rotatable bonds is 6. The molecule has 0 saturated carbocycles. The van der Waals surface area contributed by atoms with Gasteiger partial charge in [0.05, 0.1) is 26.4 Å². The summed E-state index contributed by atoms with van der Waals surface area (Å²) < 4.78 is 17.6. The number of benzene rings is 2. The van der Waals surface area contributed by atoms with Gasteiger partial charge in [-0.2, -0.15) is 0 Å². The van der Waals surface area contributed by atoms with Gasteiger partial charge in [0, 0.05) is 25.2 Å². The fourth-order valence-corrected chi connectivity index (χ4v) is 3.71. The van der Waals surface area contributed by atoms with Crippen LogP contribution in [0.1, 0.15) is 44.2 Å². The molecular formula is C25H34N2O4. The zero-order chi connectivity index (χ0) is 21.9. The van der Waals surface area contributed by atoms with Crippen molar-refractivity contribution in [3.8, 4) is 17.2 Å². The maximum atomic E-state index is 12.6. The highest BCUT2D eigenvalue weighted by molar-refractivity contribution is 5.78. The first-order valence-electron chi connectivity index (χ1n) is 11.3. The van der Waals surface area contributed by atoms with Gasteiger partial charge in [0.15, 0.2) is 11.5 Å². The Balaban J connectivity index is 1.84. The predicted octanol–water partition coefficient (Wildman–Crippen LogP) is 4.17. The number of fused-ring (bicyclic) bond motifs is 1. The molecule has 1 amide bonds. The van der Waals surface area contributed by atoms with Crippen LogP contribution in [0.3, 0.4) is 0 Å². The molecule has 0 aromatic heterocycles. The van der Waals surface area contributed by atoms with Crippen LogP contribution in [0.15, 0.2) is 42.5 Å². The van der Waals surface area contributed by atoms with Crippen LogP contribution in [-0.2, 0) is 17.9 Å². The standard InChI is InChI=1S/C25H34N2O4/c1-3-29-22-13-11-20(12-14-22)17-27-18-21-9-8-10-23(30-4-2)25(21)31-16-7-5-6-15-26-24(28)19-27/h8-14H,3-7,15-19H2,1-2H3,(H,26,28). The van der Waals surface area contributed by atoms with Crippen molar-refractivity contribution in [1.29, 1.82) is 0 Å². The van der Waals surface area contributed by atoms with Gasteiger partial charge in [0.25, 0.3) is 0 Å². The lowest BCUT2D eigenvalue weighted by molar-refractivity contribution is -0.122. The Morgan fingerprint density at radius 2 is 1.77 bits per heavy atom. The van der Waals surface area contributed by atoms with E-state index in [4.69, 9.17) is 14.2 Å². The molecule has 2 aromatic carbocycles. The van der Waals surface area contributed by atoms with Crippen molar-refractivity contribution in [3.63, 3.8) is 0 Å². The minimum absolute atomic E-state index is 0.0496. The summed E-state index contributed by atoms with van der Waals surface area (Å²) in [6.07, 6.45) is 2.92. The van der Waals surface area contributed by atoms with E-state index in [1.165, 1.54) is 0 Å². The highest BCUT2D eigenvalue weighted by Gasteiger charge is 2.18. The molecule has 31 heavy (non-hydrogen) atoms. The highest BCUT2D eigenvalue weighted by atomic mass is 16.5. The van der Waals surface area contributed by atoms with Gasteiger partial charge in [-0.3, -0.25) is 9.69 Å². The zero-order valence-corrected chi connectivity index (χ0v) is 18.7. The number of ether oxygens (including phenoxy) is 3. The normalized spacial score (nSPS) is 16.0. The fourth-order valence-electron chi connectivity index (χ4n) is 3.71. The number of para-hydroxylation sites is 1. The van der Waals surface area contributed by atoms with Crippen molar-refractivity contribution in [2.24, 2.45) is 0 Å². The van der Waals surface area contributed by atoms with Gasteiger partial charge in [0.1, 0.15) is 5.75 Å². The lowest BCUT2D eigenvalue weighted by Crippen LogP contribution is -2.37. The largest absolute Gasteiger partial charge is 0.494 e. The maximum Gasteiger partial charge on any atom is 0.234 e. The summed E-state index contributed by atoms with van der Waals surface area (Å²) in [6.45, 7) is 8.09. The van der Waals surface area contributed by atoms with Crippen molar-refractivity contribution in [1.82, 2.24) is 10.2 Å². The second-order valence-corrected chi connectivity index (χ2v) is 7.66. The Labute approximate surface area is 185 Å². The fraction of sp³-hybridized carbons (Fsp3) is 0.480. The second kappa shape index (κ2) is 12.2. The molecule has 168 valence electrons. The third-order valence-electron chi connectivity index (χ3n) is 5.15. The summed E-state index contributed by atoms with van der Waals surface area (Å²) >= 11 is 0. The molecule has 2 aromatic rings. The minimum Gasteiger partial charge on any atom is -0.494 e. The SMILES string of the molecule is CCOc1ccc(CN2CC(=O)NCCCCCOc3c(cccc3OCC)C2)cc1. The Kier molecular flexibility index (Phi) is 9.03. The summed E-state index contributed by atoms with van der Waals surface area (Å²) in [7, 11) is 0. The van der Waals surface area contributed by atoms with Crippen LogP contribution < -0.4 is 19.5 Å². The van der Waals surface area contributed by atoms with Crippen molar-refractivity contribution in [2.75, 3.05) is 32.9 Å². The first kappa shape index (κ1) is 22.9. The summed E-state index contributed by atoms with van der Waals surface area (Å²) in [5.74, 6) is 2.46. The van der Waals surface area contributed by atoms with Crippen LogP contribution in [-0.4, -0.2) is 43.7 Å². The van der Waals surface area contributed by atoms with Gasteiger partial charge in [0.2, 0.25) is 5.91 Å². The second-order valence-electron chi connectivity index (χ2n) is 7.66. The first-order valence-corrected chi connectivity index (χ1v) is 11.3. The molecule has 1 aliphatic rings. The average molecular weight is 427 g/mol. The van der Waals surface area contributed by atoms with Gasteiger partial charge in [-0.15, -0.1) is 0 Å². The van der Waals surface area contributed by atoms with Crippen LogP contribution in [0.25, 0.3) is 0 Å². The van der Waals surface area contributed by atoms with Gasteiger partial charge in [-0.25, -0.2) is 0 Å². The Morgan fingerprint density at radius 3 is 2.55 bits per heavy atom. The van der Waals surface area contributed by atoms with Crippen molar-refractivity contribution >= 4 is 5.91 Å². The minimum atomic E-state index is 0.0496. The Hall–Kier alpha value is -2.73. The monoisotopic (exact) mass is 426 g/mol. The van der Waals surface area contributed by atoms with Crippen molar-refractivity contribution < 1.29 is 19.0 Å². The van der Waals surface area contributed by atoms with Crippen LogP contribution in [0.5, 0.6) is 17.2 Å². The molecule has 0 bridgehead atoms. The summed E-state index contributed by atoms with van der Waals surface area (Å²) in [4.78, 5) is 14.7. The smallest absolute Gasteiger partial charge is 0.234 e. The number of amides is 1. The highest BCUT2D eigenvalue weighted by Crippen LogP contribution is 2.33. The van der Waals surface area contributed by atoms with E-state index in [0.717, 1.165) is 47.6 Å². The Morgan fingerprint density at radius 1 is 0.968 bits per heavy atom. The quantitative estimate of drug-likeness (QED) is 0.751. The summed E-state index contributed by atoms with van der Waals surface area (Å²) in [5.41, 5.74) is 2.16. The molecule has 1 N–H and O–H groups in total. The average Bonchev–Trinajstić information content (AvgIpc) is 2.77. The molecule has 0 unspecified atom stereocenters. The molecule has 0 saturated heterocycles. The summed E-state index contributed by atoms with van der Waals surface area (Å²) in [6, 6.07) is 14.1. The van der Waals surface area contributed by atoms with Gasteiger partial charge < -0.3 is 19.5 Å². The van der Waals surface area contributed by atoms with Gasteiger partial charge >= 0.3 is 0 Å². The van der Waals surface area contributed by atoms with Crippen LogP contribution in [0.2, 0.25) is 0 Å². The molecular weight excluding hydrogens is 392 g/mol. The molecule has 0 atom stereocenters. The van der Waals surface area contributed by atoms with E-state index in [1.807, 2.05) is 38.1 Å². The van der Waals surface area contributed by atoms with Gasteiger partial charge in [-0.1, -0.05) is 24.3 Å². The molecule has 6 heteroatoms. The van der Waals surface area contributed by atoms with Crippen LogP contribution in [0, 0.1) is 0 Å². The Bertz CT molecular complexity index is 823. The van der Waals surface area contributed by atoms with E-state index in [1.54, 1.807) is 0 Å². The van der Waals surface area contributed by atoms with E-state index in [0.29, 0.717) is 46.0 Å². The molecule has 0 spiro atoms. The molecule has 1 heterocycles. The van der Waals surface area contributed by atoms with Gasteiger partial charge in [-0.05, 0) is 56.9 Å². The molecule has 6 nitrogen and oxygen atoms in total. The van der Waals surface area contributed by atoms with Crippen molar-refractivity contribution in [3.05, 3.63) is 53.6 Å². The molecule has 0 fully saturated rings. The topological polar surface area (TPSA) is 60.0 Å². The van der Waals surface area contributed by atoms with Crippen LogP contribution in [0.4, 0.5) is 0 Å². The predicted molar refractivity (Wildman–Crippen MR) is 122 cm³/mol. The lowest BCUT2D eigenvalue weighted by atomic mass is 10.1. The first-order chi connectivity index (χ1) is 15.2. The third-order valence-corrected chi connectivity index (χ3v) is 5.15. The number of hydrogen-bond acceptors (Lipinski definition) is 5. The number of carbonyl (C=O) groups excluding carboxylic acids is 1. The van der Waals surface area contributed by atoms with E-state index in [2.05, 4.69) is 28.4 Å². The van der Waals surface area contributed by atoms with E-state index < -0.39 is 0 Å². The third kappa shape index (κ3) is 7.17. The molecule has 1 aliphatic heterocycles. The number of carbonyl (C=O) groups is 1.